The molecule has 1 heterocycles. The lowest BCUT2D eigenvalue weighted by Gasteiger charge is -2.06. The lowest BCUT2D eigenvalue weighted by atomic mass is 10.2. The van der Waals surface area contributed by atoms with E-state index in [9.17, 15) is 12.8 Å². The van der Waals surface area contributed by atoms with Crippen LogP contribution in [0.5, 0.6) is 0 Å². The van der Waals surface area contributed by atoms with E-state index in [0.717, 1.165) is 0 Å². The molecule has 0 amide bonds. The number of nitrogens with two attached hydrogens (primary N) is 1. The fourth-order valence-electron chi connectivity index (χ4n) is 1.74. The Morgan fingerprint density at radius 3 is 2.60 bits per heavy atom. The summed E-state index contributed by atoms with van der Waals surface area (Å²) in [7, 11) is -3.76. The average molecular weight is 298 g/mol. The van der Waals surface area contributed by atoms with Gasteiger partial charge >= 0.3 is 0 Å². The van der Waals surface area contributed by atoms with Crippen molar-refractivity contribution in [3.63, 3.8) is 0 Å². The third-order valence-electron chi connectivity index (χ3n) is 2.87. The molecular formula is C12H15FN4O2S. The summed E-state index contributed by atoms with van der Waals surface area (Å²) < 4.78 is 39.5. The number of rotatable bonds is 5. The van der Waals surface area contributed by atoms with Crippen molar-refractivity contribution < 1.29 is 12.8 Å². The van der Waals surface area contributed by atoms with Crippen molar-refractivity contribution in [2.45, 2.75) is 25.0 Å². The van der Waals surface area contributed by atoms with Gasteiger partial charge in [-0.15, -0.1) is 0 Å². The molecule has 4 N–H and O–H groups in total. The van der Waals surface area contributed by atoms with Crippen LogP contribution < -0.4 is 10.5 Å². The Kier molecular flexibility index (Phi) is 4.17. The highest BCUT2D eigenvalue weighted by molar-refractivity contribution is 7.89. The summed E-state index contributed by atoms with van der Waals surface area (Å²) in [6, 6.07) is 5.57. The molecular weight excluding hydrogens is 283 g/mol. The van der Waals surface area contributed by atoms with Crippen LogP contribution in [0, 0.1) is 12.7 Å². The topological polar surface area (TPSA) is 101 Å². The molecule has 20 heavy (non-hydrogen) atoms. The molecule has 2 aromatic rings. The Balaban J connectivity index is 2.17. The Labute approximate surface area is 116 Å². The number of nitrogens with zero attached hydrogens (tertiary/aromatic N) is 1. The second-order valence-corrected chi connectivity index (χ2v) is 5.97. The van der Waals surface area contributed by atoms with Crippen LogP contribution in [0.15, 0.2) is 29.3 Å². The first-order valence-corrected chi connectivity index (χ1v) is 7.40. The molecule has 108 valence electrons. The maximum Gasteiger partial charge on any atom is 0.260 e. The highest BCUT2D eigenvalue weighted by Crippen LogP contribution is 2.15. The first-order chi connectivity index (χ1) is 9.44. The number of H-pyrrole nitrogens is 1. The number of aromatic amines is 1. The smallest absolute Gasteiger partial charge is 0.260 e. The molecule has 2 rings (SSSR count). The van der Waals surface area contributed by atoms with Crippen LogP contribution in [-0.2, 0) is 23.1 Å². The van der Waals surface area contributed by atoms with E-state index in [4.69, 9.17) is 5.73 Å². The number of halogens is 1. The Morgan fingerprint density at radius 1 is 1.35 bits per heavy atom. The van der Waals surface area contributed by atoms with Gasteiger partial charge in [0.15, 0.2) is 5.03 Å². The average Bonchev–Trinajstić information content (AvgIpc) is 2.80. The summed E-state index contributed by atoms with van der Waals surface area (Å²) in [6.45, 7) is 1.84. The molecule has 8 heteroatoms. The molecule has 0 atom stereocenters. The summed E-state index contributed by atoms with van der Waals surface area (Å²) in [4.78, 5) is 0. The van der Waals surface area contributed by atoms with Crippen molar-refractivity contribution in [1.29, 1.82) is 0 Å². The lowest BCUT2D eigenvalue weighted by molar-refractivity contribution is 0.575. The standard InChI is InChI=1S/C12H15FN4O2S/c1-8-11(6-14)12(17-16-8)20(18,19)15-7-9-2-4-10(13)5-3-9/h2-5,15H,6-7,14H2,1H3,(H,16,17). The molecule has 0 aliphatic heterocycles. The zero-order valence-corrected chi connectivity index (χ0v) is 11.7. The largest absolute Gasteiger partial charge is 0.326 e. The van der Waals surface area contributed by atoms with Crippen molar-refractivity contribution >= 4 is 10.0 Å². The molecule has 0 radical (unpaired) electrons. The zero-order valence-electron chi connectivity index (χ0n) is 10.9. The molecule has 0 saturated heterocycles. The number of hydrogen-bond acceptors (Lipinski definition) is 4. The monoisotopic (exact) mass is 298 g/mol. The van der Waals surface area contributed by atoms with Crippen molar-refractivity contribution in [2.75, 3.05) is 0 Å². The quantitative estimate of drug-likeness (QED) is 0.759. The van der Waals surface area contributed by atoms with Crippen LogP contribution in [0.4, 0.5) is 4.39 Å². The van der Waals surface area contributed by atoms with Gasteiger partial charge in [-0.2, -0.15) is 5.10 Å². The van der Waals surface area contributed by atoms with Gasteiger partial charge in [0.05, 0.1) is 0 Å². The van der Waals surface area contributed by atoms with Gasteiger partial charge in [0.25, 0.3) is 10.0 Å². The first-order valence-electron chi connectivity index (χ1n) is 5.92. The molecule has 1 aromatic carbocycles. The number of sulfonamides is 1. The molecule has 0 aliphatic carbocycles. The maximum absolute atomic E-state index is 12.8. The Morgan fingerprint density at radius 2 is 2.00 bits per heavy atom. The molecule has 0 unspecified atom stereocenters. The summed E-state index contributed by atoms with van der Waals surface area (Å²) in [5, 5.41) is 6.27. The van der Waals surface area contributed by atoms with Crippen LogP contribution in [0.2, 0.25) is 0 Å². The SMILES string of the molecule is Cc1[nH]nc(S(=O)(=O)NCc2ccc(F)cc2)c1CN. The van der Waals surface area contributed by atoms with E-state index in [1.165, 1.54) is 24.3 Å². The maximum atomic E-state index is 12.8. The molecule has 0 fully saturated rings. The molecule has 0 spiro atoms. The lowest BCUT2D eigenvalue weighted by Crippen LogP contribution is -2.25. The Bertz CT molecular complexity index is 695. The molecule has 6 nitrogen and oxygen atoms in total. The van der Waals surface area contributed by atoms with E-state index in [-0.39, 0.29) is 23.9 Å². The van der Waals surface area contributed by atoms with E-state index in [0.29, 0.717) is 16.8 Å². The number of nitrogens with one attached hydrogen (secondary N) is 2. The second kappa shape index (κ2) is 5.70. The van der Waals surface area contributed by atoms with Crippen LogP contribution >= 0.6 is 0 Å². The fraction of sp³-hybridized carbons (Fsp3) is 0.250. The van der Waals surface area contributed by atoms with Crippen LogP contribution in [0.1, 0.15) is 16.8 Å². The number of aromatic nitrogens is 2. The van der Waals surface area contributed by atoms with Gasteiger partial charge in [-0.05, 0) is 24.6 Å². The Hall–Kier alpha value is -1.77. The third-order valence-corrected chi connectivity index (χ3v) is 4.25. The highest BCUT2D eigenvalue weighted by atomic mass is 32.2. The predicted octanol–water partition coefficient (Wildman–Crippen LogP) is 0.794. The second-order valence-electron chi connectivity index (χ2n) is 4.29. The number of benzene rings is 1. The van der Waals surface area contributed by atoms with Crippen LogP contribution in [0.25, 0.3) is 0 Å². The van der Waals surface area contributed by atoms with Gasteiger partial charge in [-0.1, -0.05) is 12.1 Å². The number of hydrogen-bond donors (Lipinski definition) is 3. The van der Waals surface area contributed by atoms with Gasteiger partial charge in [0.1, 0.15) is 5.82 Å². The molecule has 0 saturated carbocycles. The van der Waals surface area contributed by atoms with Gasteiger partial charge in [-0.3, -0.25) is 5.10 Å². The molecule has 0 aliphatic rings. The van der Waals surface area contributed by atoms with Crippen molar-refractivity contribution in [2.24, 2.45) is 5.73 Å². The van der Waals surface area contributed by atoms with E-state index >= 15 is 0 Å². The van der Waals surface area contributed by atoms with Crippen LogP contribution in [0.3, 0.4) is 0 Å². The van der Waals surface area contributed by atoms with Gasteiger partial charge in [0, 0.05) is 24.3 Å². The van der Waals surface area contributed by atoms with Crippen molar-refractivity contribution in [3.8, 4) is 0 Å². The van der Waals surface area contributed by atoms with Crippen molar-refractivity contribution in [1.82, 2.24) is 14.9 Å². The summed E-state index contributed by atoms with van der Waals surface area (Å²) in [5.41, 5.74) is 7.25. The normalized spacial score (nSPS) is 11.8. The minimum Gasteiger partial charge on any atom is -0.326 e. The van der Waals surface area contributed by atoms with Crippen LogP contribution in [-0.4, -0.2) is 18.6 Å². The highest BCUT2D eigenvalue weighted by Gasteiger charge is 2.22. The first kappa shape index (κ1) is 14.6. The van der Waals surface area contributed by atoms with E-state index in [2.05, 4.69) is 14.9 Å². The van der Waals surface area contributed by atoms with Gasteiger partial charge in [-0.25, -0.2) is 17.5 Å². The minimum absolute atomic E-state index is 0.0541. The predicted molar refractivity (Wildman–Crippen MR) is 71.6 cm³/mol. The minimum atomic E-state index is -3.76. The molecule has 1 aromatic heterocycles. The van der Waals surface area contributed by atoms with Crippen molar-refractivity contribution in [3.05, 3.63) is 46.9 Å². The fourth-order valence-corrected chi connectivity index (χ4v) is 2.96. The molecule has 0 bridgehead atoms. The van der Waals surface area contributed by atoms with E-state index < -0.39 is 10.0 Å². The zero-order chi connectivity index (χ0) is 14.8. The van der Waals surface area contributed by atoms with Gasteiger partial charge < -0.3 is 5.73 Å². The van der Waals surface area contributed by atoms with Gasteiger partial charge in [0.2, 0.25) is 0 Å². The summed E-state index contributed by atoms with van der Waals surface area (Å²) in [6.07, 6.45) is 0. The summed E-state index contributed by atoms with van der Waals surface area (Å²) >= 11 is 0. The van der Waals surface area contributed by atoms with E-state index in [1.807, 2.05) is 0 Å². The van der Waals surface area contributed by atoms with E-state index in [1.54, 1.807) is 6.92 Å². The summed E-state index contributed by atoms with van der Waals surface area (Å²) in [5.74, 6) is -0.370. The third kappa shape index (κ3) is 3.03. The number of aryl methyl sites for hydroxylation is 1.